The first-order valence-electron chi connectivity index (χ1n) is 10.2. The number of nitrogens with one attached hydrogen (secondary N) is 2. The number of hydrogen-bond acceptors (Lipinski definition) is 7. The first-order valence-corrected chi connectivity index (χ1v) is 11.4. The lowest BCUT2D eigenvalue weighted by Gasteiger charge is -2.13. The van der Waals surface area contributed by atoms with Crippen LogP contribution in [0.4, 0.5) is 5.69 Å². The number of nitriles is 1. The van der Waals surface area contributed by atoms with Crippen LogP contribution in [-0.2, 0) is 4.79 Å². The number of ether oxygens (including phenoxy) is 2. The summed E-state index contributed by atoms with van der Waals surface area (Å²) in [5.41, 5.74) is 0.851. The van der Waals surface area contributed by atoms with Crippen molar-refractivity contribution in [3.05, 3.63) is 76.6 Å². The van der Waals surface area contributed by atoms with Gasteiger partial charge in [-0.05, 0) is 35.9 Å². The van der Waals surface area contributed by atoms with E-state index in [2.05, 4.69) is 15.3 Å². The minimum atomic E-state index is -0.513. The number of benzene rings is 3. The number of fused-ring (bicyclic) bond motifs is 1. The molecule has 0 atom stereocenters. The summed E-state index contributed by atoms with van der Waals surface area (Å²) in [5.74, 6) is 0.356. The van der Waals surface area contributed by atoms with Crippen molar-refractivity contribution in [2.75, 3.05) is 25.3 Å². The molecule has 0 saturated heterocycles. The van der Waals surface area contributed by atoms with Crippen molar-refractivity contribution in [1.82, 2.24) is 9.97 Å². The highest BCUT2D eigenvalue weighted by atomic mass is 32.2. The van der Waals surface area contributed by atoms with E-state index in [1.54, 1.807) is 24.5 Å². The van der Waals surface area contributed by atoms with Crippen LogP contribution < -0.4 is 20.3 Å². The van der Waals surface area contributed by atoms with E-state index in [0.717, 1.165) is 10.8 Å². The van der Waals surface area contributed by atoms with Crippen molar-refractivity contribution in [3.63, 3.8) is 0 Å². The normalized spacial score (nSPS) is 10.5. The summed E-state index contributed by atoms with van der Waals surface area (Å²) in [7, 11) is 1.46. The fraction of sp³-hybridized carbons (Fsp3) is 0.120. The zero-order chi connectivity index (χ0) is 24.1. The molecular formula is C25H20N4O4S. The van der Waals surface area contributed by atoms with Gasteiger partial charge < -0.3 is 19.8 Å². The summed E-state index contributed by atoms with van der Waals surface area (Å²) in [5, 5.41) is 14.6. The second-order valence-electron chi connectivity index (χ2n) is 7.14. The molecule has 0 unspecified atom stereocenters. The van der Waals surface area contributed by atoms with Crippen LogP contribution in [0, 0.1) is 11.3 Å². The zero-order valence-electron chi connectivity index (χ0n) is 18.4. The van der Waals surface area contributed by atoms with Gasteiger partial charge in [-0.3, -0.25) is 9.59 Å². The van der Waals surface area contributed by atoms with Crippen LogP contribution in [-0.4, -0.2) is 35.8 Å². The molecule has 1 amide bonds. The van der Waals surface area contributed by atoms with E-state index in [0.29, 0.717) is 27.9 Å². The van der Waals surface area contributed by atoms with Crippen molar-refractivity contribution >= 4 is 34.1 Å². The van der Waals surface area contributed by atoms with Crippen LogP contribution in [0.3, 0.4) is 0 Å². The highest BCUT2D eigenvalue weighted by molar-refractivity contribution is 7.98. The van der Waals surface area contributed by atoms with Crippen molar-refractivity contribution in [2.24, 2.45) is 0 Å². The Morgan fingerprint density at radius 2 is 1.94 bits per heavy atom. The van der Waals surface area contributed by atoms with Gasteiger partial charge in [-0.25, -0.2) is 4.98 Å². The molecule has 0 saturated carbocycles. The van der Waals surface area contributed by atoms with Crippen molar-refractivity contribution in [3.8, 4) is 28.8 Å². The SMILES string of the molecule is COc1cc(-c2nc(SC)[nH]c(=O)c2C#N)ccc1OCC(=O)Nc1cccc2ccccc12. The number of rotatable bonds is 7. The molecule has 0 aliphatic rings. The fourth-order valence-corrected chi connectivity index (χ4v) is 3.84. The summed E-state index contributed by atoms with van der Waals surface area (Å²) in [6.07, 6.45) is 1.77. The average molecular weight is 473 g/mol. The van der Waals surface area contributed by atoms with E-state index in [4.69, 9.17) is 9.47 Å². The summed E-state index contributed by atoms with van der Waals surface area (Å²) in [6.45, 7) is -0.234. The highest BCUT2D eigenvalue weighted by Gasteiger charge is 2.16. The average Bonchev–Trinajstić information content (AvgIpc) is 2.87. The molecule has 0 bridgehead atoms. The van der Waals surface area contributed by atoms with Gasteiger partial charge in [-0.2, -0.15) is 5.26 Å². The number of nitrogens with zero attached hydrogens (tertiary/aromatic N) is 2. The predicted molar refractivity (Wildman–Crippen MR) is 131 cm³/mol. The summed E-state index contributed by atoms with van der Waals surface area (Å²) < 4.78 is 11.1. The smallest absolute Gasteiger partial charge is 0.270 e. The number of aromatic nitrogens is 2. The lowest BCUT2D eigenvalue weighted by molar-refractivity contribution is -0.118. The van der Waals surface area contributed by atoms with E-state index in [1.165, 1.54) is 18.9 Å². The molecule has 4 aromatic rings. The standard InChI is InChI=1S/C25H20N4O4S/c1-32-21-12-16(23-18(13-26)24(31)29-25(28-23)34-2)10-11-20(21)33-14-22(30)27-19-9-5-7-15-6-3-4-8-17(15)19/h3-12H,14H2,1-2H3,(H,27,30)(H,28,29,31). The molecule has 2 N–H and O–H groups in total. The first-order chi connectivity index (χ1) is 16.5. The minimum Gasteiger partial charge on any atom is -0.493 e. The lowest BCUT2D eigenvalue weighted by Crippen LogP contribution is -2.20. The Kier molecular flexibility index (Phi) is 6.80. The number of carbonyl (C=O) groups is 1. The molecule has 4 rings (SSSR count). The van der Waals surface area contributed by atoms with Gasteiger partial charge in [0.15, 0.2) is 23.3 Å². The Balaban J connectivity index is 1.54. The first kappa shape index (κ1) is 22.9. The van der Waals surface area contributed by atoms with Gasteiger partial charge in [0.2, 0.25) is 0 Å². The van der Waals surface area contributed by atoms with Crippen LogP contribution in [0.2, 0.25) is 0 Å². The minimum absolute atomic E-state index is 0.0945. The Morgan fingerprint density at radius 3 is 2.71 bits per heavy atom. The summed E-state index contributed by atoms with van der Waals surface area (Å²) >= 11 is 1.26. The maximum atomic E-state index is 12.5. The fourth-order valence-electron chi connectivity index (χ4n) is 3.46. The molecule has 0 radical (unpaired) electrons. The Hall–Kier alpha value is -4.29. The predicted octanol–water partition coefficient (Wildman–Crippen LogP) is 4.21. The topological polar surface area (TPSA) is 117 Å². The van der Waals surface area contributed by atoms with Crippen molar-refractivity contribution < 1.29 is 14.3 Å². The monoisotopic (exact) mass is 472 g/mol. The highest BCUT2D eigenvalue weighted by Crippen LogP contribution is 2.33. The summed E-state index contributed by atoms with van der Waals surface area (Å²) in [6, 6.07) is 20.2. The van der Waals surface area contributed by atoms with Crippen LogP contribution in [0.5, 0.6) is 11.5 Å². The van der Waals surface area contributed by atoms with Gasteiger partial charge >= 0.3 is 0 Å². The Morgan fingerprint density at radius 1 is 1.15 bits per heavy atom. The Bertz CT molecular complexity index is 1470. The second kappa shape index (κ2) is 10.1. The maximum Gasteiger partial charge on any atom is 0.270 e. The Labute approximate surface area is 199 Å². The number of anilines is 1. The number of hydrogen-bond donors (Lipinski definition) is 2. The number of aromatic amines is 1. The third kappa shape index (κ3) is 4.72. The molecule has 0 spiro atoms. The molecule has 1 heterocycles. The third-order valence-corrected chi connectivity index (χ3v) is 5.64. The molecule has 0 aliphatic heterocycles. The molecule has 1 aromatic heterocycles. The number of H-pyrrole nitrogens is 1. The van der Waals surface area contributed by atoms with Gasteiger partial charge in [0.05, 0.1) is 12.8 Å². The molecule has 0 aliphatic carbocycles. The van der Waals surface area contributed by atoms with E-state index < -0.39 is 5.56 Å². The molecule has 0 fully saturated rings. The van der Waals surface area contributed by atoms with Crippen LogP contribution in [0.15, 0.2) is 70.6 Å². The molecule has 9 heteroatoms. The largest absolute Gasteiger partial charge is 0.493 e. The van der Waals surface area contributed by atoms with Crippen molar-refractivity contribution in [2.45, 2.75) is 5.16 Å². The van der Waals surface area contributed by atoms with Gasteiger partial charge in [-0.1, -0.05) is 48.2 Å². The van der Waals surface area contributed by atoms with Crippen LogP contribution in [0.1, 0.15) is 5.56 Å². The quantitative estimate of drug-likeness (QED) is 0.306. The van der Waals surface area contributed by atoms with Crippen LogP contribution in [0.25, 0.3) is 22.0 Å². The second-order valence-corrected chi connectivity index (χ2v) is 7.93. The third-order valence-electron chi connectivity index (χ3n) is 5.06. The van der Waals surface area contributed by atoms with Gasteiger partial charge in [0.25, 0.3) is 11.5 Å². The number of methoxy groups -OCH3 is 1. The maximum absolute atomic E-state index is 12.5. The summed E-state index contributed by atoms with van der Waals surface area (Å²) in [4.78, 5) is 31.7. The number of thioether (sulfide) groups is 1. The molecule has 34 heavy (non-hydrogen) atoms. The van der Waals surface area contributed by atoms with E-state index >= 15 is 0 Å². The van der Waals surface area contributed by atoms with E-state index in [-0.39, 0.29) is 23.8 Å². The number of carbonyl (C=O) groups excluding carboxylic acids is 1. The zero-order valence-corrected chi connectivity index (χ0v) is 19.2. The number of amides is 1. The molecule has 3 aromatic carbocycles. The van der Waals surface area contributed by atoms with Gasteiger partial charge in [-0.15, -0.1) is 0 Å². The van der Waals surface area contributed by atoms with E-state index in [9.17, 15) is 14.9 Å². The van der Waals surface area contributed by atoms with E-state index in [1.807, 2.05) is 48.5 Å². The molecular weight excluding hydrogens is 452 g/mol. The van der Waals surface area contributed by atoms with Gasteiger partial charge in [0.1, 0.15) is 11.6 Å². The van der Waals surface area contributed by atoms with Gasteiger partial charge in [0, 0.05) is 16.6 Å². The lowest BCUT2D eigenvalue weighted by atomic mass is 10.1. The molecule has 8 nitrogen and oxygen atoms in total. The molecule has 170 valence electrons. The van der Waals surface area contributed by atoms with Crippen LogP contribution >= 0.6 is 11.8 Å². The van der Waals surface area contributed by atoms with Crippen molar-refractivity contribution in [1.29, 1.82) is 5.26 Å².